The van der Waals surface area contributed by atoms with Crippen LogP contribution in [-0.2, 0) is 11.2 Å². The molecule has 0 bridgehead atoms. The van der Waals surface area contributed by atoms with Gasteiger partial charge >= 0.3 is 0 Å². The highest BCUT2D eigenvalue weighted by molar-refractivity contribution is 5.95. The molecule has 4 heteroatoms. The van der Waals surface area contributed by atoms with Crippen LogP contribution in [0.25, 0.3) is 10.8 Å². The van der Waals surface area contributed by atoms with Gasteiger partial charge in [-0.2, -0.15) is 0 Å². The number of hydrogen-bond donors (Lipinski definition) is 0. The van der Waals surface area contributed by atoms with E-state index in [4.69, 9.17) is 14.2 Å². The Bertz CT molecular complexity index is 650. The molecular weight excluding hydrogens is 290 g/mol. The van der Waals surface area contributed by atoms with Gasteiger partial charge in [-0.1, -0.05) is 18.2 Å². The lowest BCUT2D eigenvalue weighted by atomic mass is 9.99. The number of methoxy groups -OCH3 is 2. The van der Waals surface area contributed by atoms with Crippen LogP contribution < -0.4 is 9.47 Å². The third kappa shape index (κ3) is 3.59. The Balaban J connectivity index is 1.79. The molecule has 2 aromatic rings. The van der Waals surface area contributed by atoms with Gasteiger partial charge in [0.2, 0.25) is 0 Å². The smallest absolute Gasteiger partial charge is 0.127 e. The predicted octanol–water partition coefficient (Wildman–Crippen LogP) is 3.12. The van der Waals surface area contributed by atoms with Gasteiger partial charge in [-0.25, -0.2) is 0 Å². The third-order valence-electron chi connectivity index (χ3n) is 4.51. The highest BCUT2D eigenvalue weighted by atomic mass is 16.5. The van der Waals surface area contributed by atoms with Crippen molar-refractivity contribution in [1.29, 1.82) is 0 Å². The Labute approximate surface area is 137 Å². The first-order valence-corrected chi connectivity index (χ1v) is 8.26. The number of morpholine rings is 1. The number of rotatable bonds is 6. The fourth-order valence-electron chi connectivity index (χ4n) is 3.29. The SMILES string of the molecule is COc1ccc(CCCN2CCOCC2)c2c(OC)cccc12. The summed E-state index contributed by atoms with van der Waals surface area (Å²) in [5, 5.41) is 2.30. The Hall–Kier alpha value is -1.78. The molecule has 0 radical (unpaired) electrons. The minimum Gasteiger partial charge on any atom is -0.496 e. The van der Waals surface area contributed by atoms with Crippen LogP contribution >= 0.6 is 0 Å². The molecule has 0 aliphatic carbocycles. The van der Waals surface area contributed by atoms with Crippen LogP contribution in [0.15, 0.2) is 30.3 Å². The van der Waals surface area contributed by atoms with Crippen molar-refractivity contribution in [3.05, 3.63) is 35.9 Å². The summed E-state index contributed by atoms with van der Waals surface area (Å²) in [6, 6.07) is 10.4. The second-order valence-electron chi connectivity index (χ2n) is 5.87. The summed E-state index contributed by atoms with van der Waals surface area (Å²) in [6.07, 6.45) is 2.18. The number of hydrogen-bond acceptors (Lipinski definition) is 4. The fourth-order valence-corrected chi connectivity index (χ4v) is 3.29. The van der Waals surface area contributed by atoms with Crippen molar-refractivity contribution in [2.24, 2.45) is 0 Å². The van der Waals surface area contributed by atoms with Gasteiger partial charge in [0.1, 0.15) is 11.5 Å². The van der Waals surface area contributed by atoms with E-state index in [1.165, 1.54) is 10.9 Å². The van der Waals surface area contributed by atoms with Crippen molar-refractivity contribution in [3.63, 3.8) is 0 Å². The molecule has 0 saturated carbocycles. The van der Waals surface area contributed by atoms with Crippen molar-refractivity contribution in [2.75, 3.05) is 47.1 Å². The number of nitrogens with zero attached hydrogens (tertiary/aromatic N) is 1. The summed E-state index contributed by atoms with van der Waals surface area (Å²) in [4.78, 5) is 2.48. The molecule has 1 aliphatic heterocycles. The molecule has 1 heterocycles. The molecule has 3 rings (SSSR count). The van der Waals surface area contributed by atoms with Gasteiger partial charge in [0, 0.05) is 23.9 Å². The lowest BCUT2D eigenvalue weighted by Gasteiger charge is -2.26. The zero-order valence-electron chi connectivity index (χ0n) is 14.0. The predicted molar refractivity (Wildman–Crippen MR) is 92.6 cm³/mol. The summed E-state index contributed by atoms with van der Waals surface area (Å²) in [7, 11) is 3.44. The Morgan fingerprint density at radius 1 is 1.00 bits per heavy atom. The maximum atomic E-state index is 5.58. The van der Waals surface area contributed by atoms with E-state index in [2.05, 4.69) is 23.1 Å². The average Bonchev–Trinajstić information content (AvgIpc) is 2.62. The molecule has 0 unspecified atom stereocenters. The van der Waals surface area contributed by atoms with Crippen molar-refractivity contribution in [3.8, 4) is 11.5 Å². The van der Waals surface area contributed by atoms with Crippen LogP contribution in [0, 0.1) is 0 Å². The highest BCUT2D eigenvalue weighted by Gasteiger charge is 2.13. The van der Waals surface area contributed by atoms with Gasteiger partial charge < -0.3 is 14.2 Å². The van der Waals surface area contributed by atoms with Crippen LogP contribution in [0.1, 0.15) is 12.0 Å². The van der Waals surface area contributed by atoms with Gasteiger partial charge in [0.15, 0.2) is 0 Å². The molecule has 0 spiro atoms. The van der Waals surface area contributed by atoms with Gasteiger partial charge in [-0.3, -0.25) is 4.90 Å². The van der Waals surface area contributed by atoms with Gasteiger partial charge in [-0.15, -0.1) is 0 Å². The monoisotopic (exact) mass is 315 g/mol. The maximum Gasteiger partial charge on any atom is 0.127 e. The molecule has 4 nitrogen and oxygen atoms in total. The van der Waals surface area contributed by atoms with Crippen LogP contribution in [0.2, 0.25) is 0 Å². The molecule has 0 amide bonds. The number of benzene rings is 2. The zero-order valence-corrected chi connectivity index (χ0v) is 14.0. The van der Waals surface area contributed by atoms with E-state index in [9.17, 15) is 0 Å². The topological polar surface area (TPSA) is 30.9 Å². The zero-order chi connectivity index (χ0) is 16.1. The number of aryl methyl sites for hydroxylation is 1. The lowest BCUT2D eigenvalue weighted by molar-refractivity contribution is 0.0375. The molecule has 0 N–H and O–H groups in total. The van der Waals surface area contributed by atoms with E-state index in [1.54, 1.807) is 14.2 Å². The normalized spacial score (nSPS) is 15.7. The largest absolute Gasteiger partial charge is 0.496 e. The first-order chi connectivity index (χ1) is 11.3. The summed E-state index contributed by atoms with van der Waals surface area (Å²) >= 11 is 0. The van der Waals surface area contributed by atoms with E-state index in [1.807, 2.05) is 12.1 Å². The quantitative estimate of drug-likeness (QED) is 0.819. The van der Waals surface area contributed by atoms with Gasteiger partial charge in [-0.05, 0) is 37.1 Å². The third-order valence-corrected chi connectivity index (χ3v) is 4.51. The molecule has 23 heavy (non-hydrogen) atoms. The molecule has 2 aromatic carbocycles. The Morgan fingerprint density at radius 3 is 2.52 bits per heavy atom. The van der Waals surface area contributed by atoms with Crippen LogP contribution in [0.5, 0.6) is 11.5 Å². The Morgan fingerprint density at radius 2 is 1.78 bits per heavy atom. The molecule has 1 saturated heterocycles. The molecular formula is C19H25NO3. The van der Waals surface area contributed by atoms with E-state index < -0.39 is 0 Å². The van der Waals surface area contributed by atoms with Crippen LogP contribution in [-0.4, -0.2) is 52.0 Å². The minimum absolute atomic E-state index is 0.860. The van der Waals surface area contributed by atoms with Crippen molar-refractivity contribution in [1.82, 2.24) is 4.90 Å². The summed E-state index contributed by atoms with van der Waals surface area (Å²) in [5.41, 5.74) is 1.33. The lowest BCUT2D eigenvalue weighted by Crippen LogP contribution is -2.36. The Kier molecular flexibility index (Phi) is 5.36. The van der Waals surface area contributed by atoms with Gasteiger partial charge in [0.25, 0.3) is 0 Å². The van der Waals surface area contributed by atoms with E-state index in [0.29, 0.717) is 0 Å². The molecule has 0 atom stereocenters. The second-order valence-corrected chi connectivity index (χ2v) is 5.87. The molecule has 1 aliphatic rings. The minimum atomic E-state index is 0.860. The molecule has 1 fully saturated rings. The molecule has 0 aromatic heterocycles. The first-order valence-electron chi connectivity index (χ1n) is 8.26. The van der Waals surface area contributed by atoms with E-state index in [0.717, 1.165) is 62.6 Å². The van der Waals surface area contributed by atoms with E-state index >= 15 is 0 Å². The average molecular weight is 315 g/mol. The summed E-state index contributed by atoms with van der Waals surface area (Å²) < 4.78 is 16.5. The number of ether oxygens (including phenoxy) is 3. The first kappa shape index (κ1) is 16.1. The van der Waals surface area contributed by atoms with E-state index in [-0.39, 0.29) is 0 Å². The van der Waals surface area contributed by atoms with Gasteiger partial charge in [0.05, 0.1) is 27.4 Å². The molecule has 124 valence electrons. The summed E-state index contributed by atoms with van der Waals surface area (Å²) in [6.45, 7) is 4.93. The van der Waals surface area contributed by atoms with Crippen LogP contribution in [0.4, 0.5) is 0 Å². The number of fused-ring (bicyclic) bond motifs is 1. The maximum absolute atomic E-state index is 5.58. The standard InChI is InChI=1S/C19H25NO3/c1-21-17-9-8-15(5-4-10-20-11-13-23-14-12-20)19-16(17)6-3-7-18(19)22-2/h3,6-9H,4-5,10-14H2,1-2H3. The van der Waals surface area contributed by atoms with Crippen molar-refractivity contribution >= 4 is 10.8 Å². The fraction of sp³-hybridized carbons (Fsp3) is 0.474. The highest BCUT2D eigenvalue weighted by Crippen LogP contribution is 2.35. The second kappa shape index (κ2) is 7.66. The van der Waals surface area contributed by atoms with Crippen LogP contribution in [0.3, 0.4) is 0 Å². The van der Waals surface area contributed by atoms with Crippen molar-refractivity contribution in [2.45, 2.75) is 12.8 Å². The van der Waals surface area contributed by atoms with Crippen molar-refractivity contribution < 1.29 is 14.2 Å². The summed E-state index contributed by atoms with van der Waals surface area (Å²) in [5.74, 6) is 1.82.